The molecule has 1 atom stereocenters. The Balaban J connectivity index is 4.08. The van der Waals surface area contributed by atoms with Gasteiger partial charge in [-0.2, -0.15) is 0 Å². The summed E-state index contributed by atoms with van der Waals surface area (Å²) in [6, 6.07) is -0.229. The third kappa shape index (κ3) is 6.38. The quantitative estimate of drug-likeness (QED) is 0.738. The van der Waals surface area contributed by atoms with E-state index in [2.05, 4.69) is 0 Å². The van der Waals surface area contributed by atoms with Crippen molar-refractivity contribution in [2.75, 3.05) is 11.5 Å². The Morgan fingerprint density at radius 1 is 1.14 bits per heavy atom. The van der Waals surface area contributed by atoms with Crippen molar-refractivity contribution in [3.8, 4) is 0 Å². The largest absolute Gasteiger partial charge is 0.327 e. The van der Waals surface area contributed by atoms with Crippen molar-refractivity contribution < 1.29 is 8.42 Å². The molecular formula is C10H23NO2S. The first-order valence-corrected chi connectivity index (χ1v) is 7.02. The van der Waals surface area contributed by atoms with E-state index in [1.807, 2.05) is 27.7 Å². The zero-order chi connectivity index (χ0) is 11.4. The molecule has 0 saturated heterocycles. The van der Waals surface area contributed by atoms with Crippen LogP contribution in [0.1, 0.15) is 34.1 Å². The van der Waals surface area contributed by atoms with Gasteiger partial charge in [0.25, 0.3) is 0 Å². The Hall–Kier alpha value is -0.0900. The van der Waals surface area contributed by atoms with E-state index in [1.54, 1.807) is 0 Å². The molecule has 4 heteroatoms. The van der Waals surface area contributed by atoms with Crippen LogP contribution >= 0.6 is 0 Å². The molecule has 0 saturated carbocycles. The van der Waals surface area contributed by atoms with Gasteiger partial charge in [0.05, 0.1) is 11.5 Å². The summed E-state index contributed by atoms with van der Waals surface area (Å²) in [7, 11) is -2.95. The van der Waals surface area contributed by atoms with Crippen molar-refractivity contribution in [1.82, 2.24) is 0 Å². The number of hydrogen-bond donors (Lipinski definition) is 1. The minimum absolute atomic E-state index is 0.122. The molecule has 86 valence electrons. The zero-order valence-electron chi connectivity index (χ0n) is 9.66. The predicted octanol–water partition coefficient (Wildman–Crippen LogP) is 1.43. The van der Waals surface area contributed by atoms with Crippen LogP contribution in [0.5, 0.6) is 0 Å². The zero-order valence-corrected chi connectivity index (χ0v) is 10.5. The third-order valence-corrected chi connectivity index (χ3v) is 4.06. The molecule has 0 rings (SSSR count). The second-order valence-electron chi connectivity index (χ2n) is 4.70. The molecule has 3 nitrogen and oxygen atoms in total. The van der Waals surface area contributed by atoms with Gasteiger partial charge in [-0.25, -0.2) is 8.42 Å². The van der Waals surface area contributed by atoms with Crippen molar-refractivity contribution in [2.24, 2.45) is 17.6 Å². The molecule has 0 fully saturated rings. The van der Waals surface area contributed by atoms with Gasteiger partial charge in [0.15, 0.2) is 9.84 Å². The molecule has 1 unspecified atom stereocenters. The van der Waals surface area contributed by atoms with Crippen LogP contribution in [0.3, 0.4) is 0 Å². The van der Waals surface area contributed by atoms with Gasteiger partial charge in [0.1, 0.15) is 0 Å². The van der Waals surface area contributed by atoms with Crippen LogP contribution in [0.4, 0.5) is 0 Å². The molecule has 0 aliphatic rings. The standard InChI is InChI=1S/C10H23NO2S/c1-8(2)5-6-14(12,13)7-10(11)9(3)4/h8-10H,5-7,11H2,1-4H3. The van der Waals surface area contributed by atoms with Gasteiger partial charge in [-0.15, -0.1) is 0 Å². The van der Waals surface area contributed by atoms with Crippen LogP contribution in [0, 0.1) is 11.8 Å². The summed E-state index contributed by atoms with van der Waals surface area (Å²) in [6.45, 7) is 7.95. The van der Waals surface area contributed by atoms with Crippen LogP contribution in [0.25, 0.3) is 0 Å². The van der Waals surface area contributed by atoms with Crippen LogP contribution in [-0.2, 0) is 9.84 Å². The maximum absolute atomic E-state index is 11.6. The lowest BCUT2D eigenvalue weighted by atomic mass is 10.1. The fourth-order valence-electron chi connectivity index (χ4n) is 0.984. The average Bonchev–Trinajstić information content (AvgIpc) is 2.00. The van der Waals surface area contributed by atoms with Crippen LogP contribution in [0.2, 0.25) is 0 Å². The molecule has 0 aromatic carbocycles. The number of hydrogen-bond acceptors (Lipinski definition) is 3. The molecule has 0 radical (unpaired) electrons. The van der Waals surface area contributed by atoms with Gasteiger partial charge in [-0.3, -0.25) is 0 Å². The normalized spacial score (nSPS) is 15.1. The van der Waals surface area contributed by atoms with Crippen LogP contribution in [0.15, 0.2) is 0 Å². The molecule has 0 spiro atoms. The lowest BCUT2D eigenvalue weighted by Gasteiger charge is -2.15. The van der Waals surface area contributed by atoms with E-state index in [-0.39, 0.29) is 23.5 Å². The van der Waals surface area contributed by atoms with E-state index in [9.17, 15) is 8.42 Å². The second kappa shape index (κ2) is 5.71. The highest BCUT2D eigenvalue weighted by Crippen LogP contribution is 2.07. The number of sulfone groups is 1. The lowest BCUT2D eigenvalue weighted by Crippen LogP contribution is -2.35. The molecule has 0 amide bonds. The summed E-state index contributed by atoms with van der Waals surface area (Å²) in [5.74, 6) is 1.05. The van der Waals surface area contributed by atoms with E-state index < -0.39 is 9.84 Å². The average molecular weight is 221 g/mol. The molecule has 0 aromatic heterocycles. The highest BCUT2D eigenvalue weighted by Gasteiger charge is 2.18. The molecular weight excluding hydrogens is 198 g/mol. The fraction of sp³-hybridized carbons (Fsp3) is 1.00. The van der Waals surface area contributed by atoms with Gasteiger partial charge in [-0.1, -0.05) is 27.7 Å². The Morgan fingerprint density at radius 2 is 1.64 bits per heavy atom. The topological polar surface area (TPSA) is 60.2 Å². The Kier molecular flexibility index (Phi) is 5.67. The lowest BCUT2D eigenvalue weighted by molar-refractivity contribution is 0.512. The number of rotatable bonds is 6. The minimum atomic E-state index is -2.95. The maximum Gasteiger partial charge on any atom is 0.151 e. The summed E-state index contributed by atoms with van der Waals surface area (Å²) in [6.07, 6.45) is 0.729. The molecule has 0 aromatic rings. The third-order valence-electron chi connectivity index (χ3n) is 2.31. The van der Waals surface area contributed by atoms with Crippen molar-refractivity contribution in [2.45, 2.75) is 40.2 Å². The first-order chi connectivity index (χ1) is 6.24. The highest BCUT2D eigenvalue weighted by atomic mass is 32.2. The molecule has 2 N–H and O–H groups in total. The number of nitrogens with two attached hydrogens (primary N) is 1. The Morgan fingerprint density at radius 3 is 2.00 bits per heavy atom. The van der Waals surface area contributed by atoms with Crippen LogP contribution in [-0.4, -0.2) is 26.0 Å². The van der Waals surface area contributed by atoms with Crippen molar-refractivity contribution in [3.63, 3.8) is 0 Å². The van der Waals surface area contributed by atoms with Gasteiger partial charge in [0.2, 0.25) is 0 Å². The van der Waals surface area contributed by atoms with E-state index in [4.69, 9.17) is 5.73 Å². The van der Waals surface area contributed by atoms with Crippen molar-refractivity contribution >= 4 is 9.84 Å². The fourth-order valence-corrected chi connectivity index (χ4v) is 2.95. The first kappa shape index (κ1) is 13.9. The Bertz CT molecular complexity index is 245. The minimum Gasteiger partial charge on any atom is -0.327 e. The second-order valence-corrected chi connectivity index (χ2v) is 6.93. The van der Waals surface area contributed by atoms with E-state index in [0.717, 1.165) is 6.42 Å². The van der Waals surface area contributed by atoms with Crippen LogP contribution < -0.4 is 5.73 Å². The van der Waals surface area contributed by atoms with E-state index >= 15 is 0 Å². The van der Waals surface area contributed by atoms with Gasteiger partial charge in [-0.05, 0) is 18.3 Å². The van der Waals surface area contributed by atoms with Crippen molar-refractivity contribution in [3.05, 3.63) is 0 Å². The maximum atomic E-state index is 11.6. The summed E-state index contributed by atoms with van der Waals surface area (Å²) >= 11 is 0. The SMILES string of the molecule is CC(C)CCS(=O)(=O)CC(N)C(C)C. The highest BCUT2D eigenvalue weighted by molar-refractivity contribution is 7.91. The summed E-state index contributed by atoms with van der Waals surface area (Å²) in [5.41, 5.74) is 5.73. The van der Waals surface area contributed by atoms with Gasteiger partial charge < -0.3 is 5.73 Å². The molecule has 0 heterocycles. The predicted molar refractivity (Wildman–Crippen MR) is 60.9 cm³/mol. The smallest absolute Gasteiger partial charge is 0.151 e. The summed E-state index contributed by atoms with van der Waals surface area (Å²) < 4.78 is 23.1. The Labute approximate surface area is 88.0 Å². The molecule has 14 heavy (non-hydrogen) atoms. The van der Waals surface area contributed by atoms with Gasteiger partial charge >= 0.3 is 0 Å². The molecule has 0 aliphatic carbocycles. The van der Waals surface area contributed by atoms with E-state index in [0.29, 0.717) is 5.92 Å². The van der Waals surface area contributed by atoms with E-state index in [1.165, 1.54) is 0 Å². The van der Waals surface area contributed by atoms with Gasteiger partial charge in [0, 0.05) is 6.04 Å². The summed E-state index contributed by atoms with van der Waals surface area (Å²) in [4.78, 5) is 0. The van der Waals surface area contributed by atoms with Crippen molar-refractivity contribution in [1.29, 1.82) is 0 Å². The monoisotopic (exact) mass is 221 g/mol. The summed E-state index contributed by atoms with van der Waals surface area (Å²) in [5, 5.41) is 0. The molecule has 0 bridgehead atoms. The first-order valence-electron chi connectivity index (χ1n) is 5.20. The molecule has 0 aliphatic heterocycles.